The molecule has 0 spiro atoms. The summed E-state index contributed by atoms with van der Waals surface area (Å²) in [6.07, 6.45) is 1.64. The van der Waals surface area contributed by atoms with Gasteiger partial charge in [-0.1, -0.05) is 0 Å². The van der Waals surface area contributed by atoms with Gasteiger partial charge in [-0.2, -0.15) is 0 Å². The van der Waals surface area contributed by atoms with Gasteiger partial charge in [-0.05, 0) is 18.8 Å². The minimum Gasteiger partial charge on any atom is -0.395 e. The summed E-state index contributed by atoms with van der Waals surface area (Å²) in [6.45, 7) is 1.84. The third kappa shape index (κ3) is 1.77. The van der Waals surface area contributed by atoms with Crippen LogP contribution in [0.4, 0.5) is 8.78 Å². The Labute approximate surface area is 82.9 Å². The standard InChI is InChI=1S/C10H17F2NO/c11-10(12)3-1-2-8-6-13(4-5-14)7-9(8)10/h8-9,14H,1-7H2/t8-,9+/m1/s1. The molecule has 0 radical (unpaired) electrons. The van der Waals surface area contributed by atoms with Gasteiger partial charge in [-0.3, -0.25) is 0 Å². The Morgan fingerprint density at radius 2 is 2.14 bits per heavy atom. The van der Waals surface area contributed by atoms with Gasteiger partial charge in [0.25, 0.3) is 5.92 Å². The molecule has 2 fully saturated rings. The summed E-state index contributed by atoms with van der Waals surface area (Å²) in [5.41, 5.74) is 0. The van der Waals surface area contributed by atoms with Crippen molar-refractivity contribution in [3.8, 4) is 0 Å². The monoisotopic (exact) mass is 205 g/mol. The zero-order valence-electron chi connectivity index (χ0n) is 8.25. The minimum absolute atomic E-state index is 0.0567. The second-order valence-electron chi connectivity index (χ2n) is 4.50. The Kier molecular flexibility index (Phi) is 2.75. The first-order chi connectivity index (χ1) is 6.63. The molecule has 1 saturated carbocycles. The fourth-order valence-corrected chi connectivity index (χ4v) is 2.84. The Hall–Kier alpha value is -0.220. The quantitative estimate of drug-likeness (QED) is 0.735. The first kappa shape index (κ1) is 10.3. The largest absolute Gasteiger partial charge is 0.395 e. The topological polar surface area (TPSA) is 23.5 Å². The summed E-state index contributed by atoms with van der Waals surface area (Å²) in [4.78, 5) is 1.97. The maximum absolute atomic E-state index is 13.5. The molecule has 1 saturated heterocycles. The minimum atomic E-state index is -2.47. The number of fused-ring (bicyclic) bond motifs is 1. The molecule has 2 nitrogen and oxygen atoms in total. The summed E-state index contributed by atoms with van der Waals surface area (Å²) in [6, 6.07) is 0. The van der Waals surface area contributed by atoms with E-state index in [0.717, 1.165) is 13.0 Å². The zero-order valence-corrected chi connectivity index (χ0v) is 8.25. The number of alkyl halides is 2. The molecule has 2 atom stereocenters. The van der Waals surface area contributed by atoms with Crippen molar-refractivity contribution in [2.24, 2.45) is 11.8 Å². The zero-order chi connectivity index (χ0) is 10.2. The summed E-state index contributed by atoms with van der Waals surface area (Å²) in [7, 11) is 0. The molecule has 0 bridgehead atoms. The Bertz CT molecular complexity index is 210. The number of rotatable bonds is 2. The lowest BCUT2D eigenvalue weighted by Gasteiger charge is -2.32. The van der Waals surface area contributed by atoms with E-state index < -0.39 is 11.8 Å². The number of aliphatic hydroxyl groups excluding tert-OH is 1. The summed E-state index contributed by atoms with van der Waals surface area (Å²) < 4.78 is 27.0. The molecule has 1 heterocycles. The fraction of sp³-hybridized carbons (Fsp3) is 1.00. The average molecular weight is 205 g/mol. The molecule has 2 aliphatic rings. The molecule has 1 aliphatic heterocycles. The molecular formula is C10H17F2NO. The third-order valence-corrected chi connectivity index (χ3v) is 3.56. The van der Waals surface area contributed by atoms with E-state index in [4.69, 9.17) is 5.11 Å². The van der Waals surface area contributed by atoms with Gasteiger partial charge in [0.1, 0.15) is 0 Å². The molecule has 0 amide bonds. The molecule has 0 aromatic carbocycles. The number of hydrogen-bond donors (Lipinski definition) is 1. The lowest BCUT2D eigenvalue weighted by molar-refractivity contribution is -0.0946. The van der Waals surface area contributed by atoms with Crippen molar-refractivity contribution in [1.29, 1.82) is 0 Å². The average Bonchev–Trinajstić information content (AvgIpc) is 2.49. The number of nitrogens with zero attached hydrogens (tertiary/aromatic N) is 1. The van der Waals surface area contributed by atoms with E-state index in [0.29, 0.717) is 19.5 Å². The van der Waals surface area contributed by atoms with Crippen molar-refractivity contribution in [2.75, 3.05) is 26.2 Å². The van der Waals surface area contributed by atoms with Crippen LogP contribution in [-0.2, 0) is 0 Å². The molecule has 4 heteroatoms. The highest BCUT2D eigenvalue weighted by atomic mass is 19.3. The van der Waals surface area contributed by atoms with Crippen LogP contribution in [0.25, 0.3) is 0 Å². The highest BCUT2D eigenvalue weighted by Gasteiger charge is 2.50. The predicted molar refractivity (Wildman–Crippen MR) is 49.3 cm³/mol. The first-order valence-corrected chi connectivity index (χ1v) is 5.34. The highest BCUT2D eigenvalue weighted by Crippen LogP contribution is 2.45. The lowest BCUT2D eigenvalue weighted by atomic mass is 9.79. The van der Waals surface area contributed by atoms with Crippen molar-refractivity contribution in [2.45, 2.75) is 25.2 Å². The van der Waals surface area contributed by atoms with E-state index >= 15 is 0 Å². The van der Waals surface area contributed by atoms with Gasteiger partial charge in [-0.25, -0.2) is 8.78 Å². The second-order valence-corrected chi connectivity index (χ2v) is 4.50. The van der Waals surface area contributed by atoms with Gasteiger partial charge in [0.05, 0.1) is 6.61 Å². The maximum Gasteiger partial charge on any atom is 0.252 e. The van der Waals surface area contributed by atoms with Gasteiger partial charge in [0, 0.05) is 32.0 Å². The summed E-state index contributed by atoms with van der Waals surface area (Å²) in [5, 5.41) is 8.76. The second kappa shape index (κ2) is 3.74. The van der Waals surface area contributed by atoms with E-state index in [9.17, 15) is 8.78 Å². The number of aliphatic hydroxyl groups is 1. The van der Waals surface area contributed by atoms with Gasteiger partial charge >= 0.3 is 0 Å². The van der Waals surface area contributed by atoms with Crippen LogP contribution in [0.3, 0.4) is 0 Å². The van der Waals surface area contributed by atoms with Gasteiger partial charge in [0.2, 0.25) is 0 Å². The number of likely N-dealkylation sites (tertiary alicyclic amines) is 1. The van der Waals surface area contributed by atoms with Crippen molar-refractivity contribution < 1.29 is 13.9 Å². The van der Waals surface area contributed by atoms with Crippen LogP contribution in [-0.4, -0.2) is 42.2 Å². The van der Waals surface area contributed by atoms with Crippen molar-refractivity contribution >= 4 is 0 Å². The van der Waals surface area contributed by atoms with E-state index in [1.165, 1.54) is 0 Å². The lowest BCUT2D eigenvalue weighted by Crippen LogP contribution is -2.37. The van der Waals surface area contributed by atoms with Gasteiger partial charge < -0.3 is 10.0 Å². The molecular weight excluding hydrogens is 188 g/mol. The Morgan fingerprint density at radius 3 is 2.79 bits per heavy atom. The van der Waals surface area contributed by atoms with E-state index in [1.54, 1.807) is 0 Å². The van der Waals surface area contributed by atoms with E-state index in [-0.39, 0.29) is 18.9 Å². The third-order valence-electron chi connectivity index (χ3n) is 3.56. The van der Waals surface area contributed by atoms with Crippen molar-refractivity contribution in [3.05, 3.63) is 0 Å². The Balaban J connectivity index is 2.01. The SMILES string of the molecule is OCCN1C[C@H]2CCCC(F)(F)[C@H]2C1. The van der Waals surface area contributed by atoms with Gasteiger partial charge in [0.15, 0.2) is 0 Å². The van der Waals surface area contributed by atoms with Crippen molar-refractivity contribution in [3.63, 3.8) is 0 Å². The molecule has 0 aromatic rings. The first-order valence-electron chi connectivity index (χ1n) is 5.34. The number of halogens is 2. The van der Waals surface area contributed by atoms with Crippen LogP contribution < -0.4 is 0 Å². The predicted octanol–water partition coefficient (Wildman–Crippen LogP) is 1.35. The van der Waals surface area contributed by atoms with Crippen LogP contribution in [0, 0.1) is 11.8 Å². The normalized spacial score (nSPS) is 37.1. The fourth-order valence-electron chi connectivity index (χ4n) is 2.84. The molecule has 0 unspecified atom stereocenters. The van der Waals surface area contributed by atoms with Crippen LogP contribution >= 0.6 is 0 Å². The molecule has 14 heavy (non-hydrogen) atoms. The van der Waals surface area contributed by atoms with Crippen LogP contribution in [0.1, 0.15) is 19.3 Å². The summed E-state index contributed by atoms with van der Waals surface area (Å²) in [5.74, 6) is -2.76. The van der Waals surface area contributed by atoms with E-state index in [1.807, 2.05) is 4.90 Å². The molecule has 0 aromatic heterocycles. The Morgan fingerprint density at radius 1 is 1.36 bits per heavy atom. The van der Waals surface area contributed by atoms with Crippen molar-refractivity contribution in [1.82, 2.24) is 4.90 Å². The number of β-amino-alcohol motifs (C(OH)–C–C–N with tert-alkyl or cyclic N) is 1. The molecule has 1 N–H and O–H groups in total. The van der Waals surface area contributed by atoms with Gasteiger partial charge in [-0.15, -0.1) is 0 Å². The van der Waals surface area contributed by atoms with Crippen LogP contribution in [0.2, 0.25) is 0 Å². The van der Waals surface area contributed by atoms with Crippen LogP contribution in [0.15, 0.2) is 0 Å². The number of hydrogen-bond acceptors (Lipinski definition) is 2. The van der Waals surface area contributed by atoms with Crippen LogP contribution in [0.5, 0.6) is 0 Å². The highest BCUT2D eigenvalue weighted by molar-refractivity contribution is 4.95. The molecule has 2 rings (SSSR count). The smallest absolute Gasteiger partial charge is 0.252 e. The molecule has 82 valence electrons. The van der Waals surface area contributed by atoms with E-state index in [2.05, 4.69) is 0 Å². The summed E-state index contributed by atoms with van der Waals surface area (Å²) >= 11 is 0. The molecule has 1 aliphatic carbocycles. The maximum atomic E-state index is 13.5.